The number of carbonyl (C=O) groups is 1. The van der Waals surface area contributed by atoms with E-state index in [0.717, 1.165) is 27.3 Å². The van der Waals surface area contributed by atoms with Crippen LogP contribution in [0, 0.1) is 5.82 Å². The maximum absolute atomic E-state index is 14.6. The van der Waals surface area contributed by atoms with Crippen LogP contribution in [0.5, 0.6) is 5.75 Å². The van der Waals surface area contributed by atoms with Crippen molar-refractivity contribution in [2.45, 2.75) is 31.8 Å². The fraction of sp³-hybridized carbons (Fsp3) is 0.308. The van der Waals surface area contributed by atoms with Crippen molar-refractivity contribution in [1.82, 2.24) is 15.0 Å². The molecule has 2 aromatic heterocycles. The molecule has 4 N–H and O–H groups in total. The predicted octanol–water partition coefficient (Wildman–Crippen LogP) is 3.61. The molecule has 1 fully saturated rings. The monoisotopic (exact) mass is 522 g/mol. The van der Waals surface area contributed by atoms with Crippen LogP contribution in [0.2, 0.25) is 0 Å². The van der Waals surface area contributed by atoms with E-state index in [-0.39, 0.29) is 41.5 Å². The molecule has 1 aliphatic rings. The second-order valence-corrected chi connectivity index (χ2v) is 9.91. The van der Waals surface area contributed by atoms with Crippen LogP contribution in [0.4, 0.5) is 15.8 Å². The third-order valence-electron chi connectivity index (χ3n) is 6.38. The number of halogens is 1. The van der Waals surface area contributed by atoms with Crippen molar-refractivity contribution >= 4 is 38.8 Å². The van der Waals surface area contributed by atoms with Gasteiger partial charge < -0.3 is 25.8 Å². The number of carbonyl (C=O) groups excluding carboxylic acids is 1. The number of thiazole rings is 1. The number of rotatable bonds is 7. The lowest BCUT2D eigenvalue weighted by molar-refractivity contribution is 0.102. The van der Waals surface area contributed by atoms with Gasteiger partial charge in [0.1, 0.15) is 22.8 Å². The minimum atomic E-state index is -0.555. The molecule has 1 amide bonds. The highest BCUT2D eigenvalue weighted by Crippen LogP contribution is 2.40. The molecule has 0 radical (unpaired) electrons. The van der Waals surface area contributed by atoms with E-state index < -0.39 is 11.7 Å². The number of amides is 1. The minimum absolute atomic E-state index is 0.0382. The maximum Gasteiger partial charge on any atom is 0.274 e. The van der Waals surface area contributed by atoms with Crippen LogP contribution in [0.1, 0.15) is 28.8 Å². The molecule has 9 nitrogen and oxygen atoms in total. The molecule has 192 valence electrons. The Labute approximate surface area is 217 Å². The normalized spacial score (nSPS) is 17.4. The number of aromatic nitrogens is 3. The van der Waals surface area contributed by atoms with Crippen molar-refractivity contribution in [2.75, 3.05) is 30.5 Å². The number of methoxy groups -OCH3 is 1. The zero-order valence-electron chi connectivity index (χ0n) is 20.4. The summed E-state index contributed by atoms with van der Waals surface area (Å²) in [6.07, 6.45) is 2.82. The summed E-state index contributed by atoms with van der Waals surface area (Å²) < 4.78 is 20.9. The number of anilines is 2. The van der Waals surface area contributed by atoms with Gasteiger partial charge in [-0.25, -0.2) is 19.3 Å². The third-order valence-corrected chi connectivity index (χ3v) is 7.55. The van der Waals surface area contributed by atoms with Gasteiger partial charge in [0, 0.05) is 18.8 Å². The van der Waals surface area contributed by atoms with Gasteiger partial charge in [0.15, 0.2) is 5.82 Å². The van der Waals surface area contributed by atoms with Crippen molar-refractivity contribution in [3.8, 4) is 17.1 Å². The molecule has 0 aliphatic carbocycles. The number of aliphatic hydroxyl groups excluding tert-OH is 1. The molecule has 0 bridgehead atoms. The molecule has 5 rings (SSSR count). The SMILES string of the molecule is CCc1nc2c(N3C[C@@H](N)C[C@H]3CO)c(NC(=O)c3ccnc(-c4c(F)cccc4OC)n3)ccc2s1. The van der Waals surface area contributed by atoms with Crippen molar-refractivity contribution in [3.05, 3.63) is 59.1 Å². The van der Waals surface area contributed by atoms with E-state index in [9.17, 15) is 14.3 Å². The van der Waals surface area contributed by atoms with Gasteiger partial charge in [0.2, 0.25) is 0 Å². The summed E-state index contributed by atoms with van der Waals surface area (Å²) in [4.78, 5) is 28.7. The molecule has 4 aromatic rings. The number of aliphatic hydroxyl groups is 1. The van der Waals surface area contributed by atoms with E-state index in [2.05, 4.69) is 15.3 Å². The van der Waals surface area contributed by atoms with Crippen LogP contribution in [-0.2, 0) is 6.42 Å². The molecule has 3 heterocycles. The minimum Gasteiger partial charge on any atom is -0.496 e. The fourth-order valence-electron chi connectivity index (χ4n) is 4.65. The van der Waals surface area contributed by atoms with Crippen molar-refractivity contribution in [1.29, 1.82) is 0 Å². The first-order valence-corrected chi connectivity index (χ1v) is 12.8. The molecule has 11 heteroatoms. The molecule has 1 saturated heterocycles. The topological polar surface area (TPSA) is 126 Å². The van der Waals surface area contributed by atoms with Crippen LogP contribution >= 0.6 is 11.3 Å². The molecular weight excluding hydrogens is 495 g/mol. The number of benzene rings is 2. The Bertz CT molecular complexity index is 1460. The summed E-state index contributed by atoms with van der Waals surface area (Å²) in [6, 6.07) is 9.32. The van der Waals surface area contributed by atoms with Gasteiger partial charge in [0.25, 0.3) is 5.91 Å². The molecular formula is C26H27FN6O3S. The lowest BCUT2D eigenvalue weighted by Crippen LogP contribution is -2.34. The Kier molecular flexibility index (Phi) is 7.00. The van der Waals surface area contributed by atoms with E-state index in [1.165, 1.54) is 31.5 Å². The zero-order valence-corrected chi connectivity index (χ0v) is 21.3. The fourth-order valence-corrected chi connectivity index (χ4v) is 5.56. The second kappa shape index (κ2) is 10.4. The van der Waals surface area contributed by atoms with Gasteiger partial charge in [-0.05, 0) is 43.2 Å². The van der Waals surface area contributed by atoms with Crippen LogP contribution in [0.15, 0.2) is 42.6 Å². The van der Waals surface area contributed by atoms with E-state index in [4.69, 9.17) is 15.5 Å². The zero-order chi connectivity index (χ0) is 26.1. The van der Waals surface area contributed by atoms with Crippen LogP contribution < -0.4 is 20.7 Å². The molecule has 0 saturated carbocycles. The summed E-state index contributed by atoms with van der Waals surface area (Å²) >= 11 is 1.60. The lowest BCUT2D eigenvalue weighted by atomic mass is 10.1. The average molecular weight is 523 g/mol. The van der Waals surface area contributed by atoms with Gasteiger partial charge in [-0.1, -0.05) is 13.0 Å². The summed E-state index contributed by atoms with van der Waals surface area (Å²) in [5.41, 5.74) is 8.38. The predicted molar refractivity (Wildman–Crippen MR) is 142 cm³/mol. The number of ether oxygens (including phenoxy) is 1. The molecule has 2 atom stereocenters. The van der Waals surface area contributed by atoms with Gasteiger partial charge in [-0.2, -0.15) is 0 Å². The molecule has 2 aromatic carbocycles. The largest absolute Gasteiger partial charge is 0.496 e. The van der Waals surface area contributed by atoms with Gasteiger partial charge in [-0.15, -0.1) is 11.3 Å². The van der Waals surface area contributed by atoms with Crippen molar-refractivity contribution in [2.24, 2.45) is 5.73 Å². The number of hydrogen-bond acceptors (Lipinski definition) is 9. The summed E-state index contributed by atoms with van der Waals surface area (Å²) in [5, 5.41) is 14.0. The Morgan fingerprint density at radius 2 is 2.14 bits per heavy atom. The molecule has 0 spiro atoms. The first-order chi connectivity index (χ1) is 17.9. The number of nitrogens with zero attached hydrogens (tertiary/aromatic N) is 4. The summed E-state index contributed by atoms with van der Waals surface area (Å²) in [7, 11) is 1.43. The third kappa shape index (κ3) is 4.73. The molecule has 1 aliphatic heterocycles. The van der Waals surface area contributed by atoms with E-state index in [1.54, 1.807) is 17.4 Å². The number of fused-ring (bicyclic) bond motifs is 1. The van der Waals surface area contributed by atoms with E-state index in [0.29, 0.717) is 18.7 Å². The highest BCUT2D eigenvalue weighted by Gasteiger charge is 2.33. The second-order valence-electron chi connectivity index (χ2n) is 8.79. The first-order valence-electron chi connectivity index (χ1n) is 12.0. The Morgan fingerprint density at radius 1 is 1.30 bits per heavy atom. The Hall–Kier alpha value is -3.67. The van der Waals surface area contributed by atoms with Gasteiger partial charge in [0.05, 0.1) is 46.4 Å². The highest BCUT2D eigenvalue weighted by atomic mass is 32.1. The lowest BCUT2D eigenvalue weighted by Gasteiger charge is -2.28. The number of nitrogens with two attached hydrogens (primary N) is 1. The standard InChI is InChI=1S/C26H27FN6O3S/c1-3-21-32-23-20(37-21)8-7-17(24(23)33-12-14(28)11-15(33)13-34)31-26(35)18-9-10-29-25(30-18)22-16(27)5-4-6-19(22)36-2/h4-10,14-15,34H,3,11-13,28H2,1-2H3,(H,31,35)/t14-,15-/m0/s1. The van der Waals surface area contributed by atoms with Gasteiger partial charge in [-0.3, -0.25) is 4.79 Å². The highest BCUT2D eigenvalue weighted by molar-refractivity contribution is 7.18. The molecule has 0 unspecified atom stereocenters. The summed E-state index contributed by atoms with van der Waals surface area (Å²) in [5.74, 6) is -0.743. The van der Waals surface area contributed by atoms with Crippen LogP contribution in [-0.4, -0.2) is 58.3 Å². The van der Waals surface area contributed by atoms with Crippen molar-refractivity contribution in [3.63, 3.8) is 0 Å². The number of aryl methyl sites for hydroxylation is 1. The summed E-state index contributed by atoms with van der Waals surface area (Å²) in [6.45, 7) is 2.50. The quantitative estimate of drug-likeness (QED) is 0.336. The van der Waals surface area contributed by atoms with Gasteiger partial charge >= 0.3 is 0 Å². The Morgan fingerprint density at radius 3 is 2.89 bits per heavy atom. The number of nitrogens with one attached hydrogen (secondary N) is 1. The average Bonchev–Trinajstić information content (AvgIpc) is 3.51. The Balaban J connectivity index is 1.54. The maximum atomic E-state index is 14.6. The van der Waals surface area contributed by atoms with E-state index in [1.807, 2.05) is 24.0 Å². The van der Waals surface area contributed by atoms with Crippen LogP contribution in [0.25, 0.3) is 21.6 Å². The van der Waals surface area contributed by atoms with Crippen LogP contribution in [0.3, 0.4) is 0 Å². The number of hydrogen-bond donors (Lipinski definition) is 3. The first kappa shape index (κ1) is 25.0. The van der Waals surface area contributed by atoms with Crippen molar-refractivity contribution < 1.29 is 19.0 Å². The van der Waals surface area contributed by atoms with E-state index >= 15 is 0 Å². The smallest absolute Gasteiger partial charge is 0.274 e. The molecule has 37 heavy (non-hydrogen) atoms.